The Bertz CT molecular complexity index is 268. The third kappa shape index (κ3) is 3.74. The van der Waals surface area contributed by atoms with Crippen molar-refractivity contribution in [3.8, 4) is 0 Å². The molecule has 19 heavy (non-hydrogen) atoms. The molecule has 4 atom stereocenters. The summed E-state index contributed by atoms with van der Waals surface area (Å²) in [5.74, 6) is 2.60. The zero-order valence-corrected chi connectivity index (χ0v) is 13.8. The predicted octanol–water partition coefficient (Wildman–Crippen LogP) is 5.01. The van der Waals surface area contributed by atoms with Gasteiger partial charge in [0.2, 0.25) is 0 Å². The zero-order chi connectivity index (χ0) is 14.0. The Balaban J connectivity index is 2.02. The molecule has 2 aliphatic carbocycles. The molecule has 4 unspecified atom stereocenters. The van der Waals surface area contributed by atoms with Crippen molar-refractivity contribution < 1.29 is 0 Å². The average molecular weight is 265 g/mol. The Morgan fingerprint density at radius 3 is 1.95 bits per heavy atom. The molecular formula is C18H35N. The molecule has 0 amide bonds. The molecule has 0 aromatic heterocycles. The van der Waals surface area contributed by atoms with E-state index in [-0.39, 0.29) is 0 Å². The molecule has 0 bridgehead atoms. The molecule has 2 rings (SSSR count). The van der Waals surface area contributed by atoms with Crippen LogP contribution in [0.15, 0.2) is 0 Å². The molecule has 0 aliphatic heterocycles. The van der Waals surface area contributed by atoms with E-state index in [1.807, 2.05) is 0 Å². The van der Waals surface area contributed by atoms with E-state index < -0.39 is 0 Å². The summed E-state index contributed by atoms with van der Waals surface area (Å²) < 4.78 is 0. The minimum atomic E-state index is 0.458. The van der Waals surface area contributed by atoms with Gasteiger partial charge in [0.15, 0.2) is 0 Å². The summed E-state index contributed by atoms with van der Waals surface area (Å²) in [5.41, 5.74) is 0.458. The second-order valence-corrected chi connectivity index (χ2v) is 8.44. The van der Waals surface area contributed by atoms with E-state index in [1.165, 1.54) is 44.9 Å². The highest BCUT2D eigenvalue weighted by molar-refractivity contribution is 4.93. The lowest BCUT2D eigenvalue weighted by Gasteiger charge is -2.45. The van der Waals surface area contributed by atoms with E-state index in [0.29, 0.717) is 5.41 Å². The Labute approximate surface area is 120 Å². The summed E-state index contributed by atoms with van der Waals surface area (Å²) in [6, 6.07) is 1.53. The van der Waals surface area contributed by atoms with E-state index in [0.717, 1.165) is 29.8 Å². The summed E-state index contributed by atoms with van der Waals surface area (Å²) >= 11 is 0. The maximum absolute atomic E-state index is 4.11. The highest BCUT2D eigenvalue weighted by Gasteiger charge is 2.37. The van der Waals surface area contributed by atoms with E-state index in [1.54, 1.807) is 0 Å². The molecule has 1 N–H and O–H groups in total. The quantitative estimate of drug-likeness (QED) is 0.740. The normalized spacial score (nSPS) is 41.2. The van der Waals surface area contributed by atoms with E-state index in [4.69, 9.17) is 0 Å². The maximum Gasteiger partial charge on any atom is 0.0121 e. The smallest absolute Gasteiger partial charge is 0.0121 e. The van der Waals surface area contributed by atoms with Crippen LogP contribution in [0, 0.1) is 23.2 Å². The van der Waals surface area contributed by atoms with Gasteiger partial charge in [0.25, 0.3) is 0 Å². The third-order valence-electron chi connectivity index (χ3n) is 5.83. The molecule has 2 fully saturated rings. The lowest BCUT2D eigenvalue weighted by molar-refractivity contribution is 0.0945. The molecule has 0 saturated heterocycles. The van der Waals surface area contributed by atoms with Gasteiger partial charge in [-0.25, -0.2) is 0 Å². The first-order valence-corrected chi connectivity index (χ1v) is 8.65. The number of nitrogens with one attached hydrogen (secondary N) is 1. The second kappa shape index (κ2) is 6.16. The number of hydrogen-bond acceptors (Lipinski definition) is 1. The van der Waals surface area contributed by atoms with Crippen LogP contribution in [-0.4, -0.2) is 12.1 Å². The third-order valence-corrected chi connectivity index (χ3v) is 5.83. The van der Waals surface area contributed by atoms with Gasteiger partial charge in [-0.05, 0) is 48.9 Å². The van der Waals surface area contributed by atoms with Crippen LogP contribution in [0.3, 0.4) is 0 Å². The second-order valence-electron chi connectivity index (χ2n) is 8.44. The van der Waals surface area contributed by atoms with Crippen LogP contribution in [0.1, 0.15) is 79.6 Å². The van der Waals surface area contributed by atoms with Crippen LogP contribution in [0.2, 0.25) is 0 Å². The van der Waals surface area contributed by atoms with Crippen molar-refractivity contribution in [2.75, 3.05) is 0 Å². The van der Waals surface area contributed by atoms with E-state index in [9.17, 15) is 0 Å². The minimum Gasteiger partial charge on any atom is -0.310 e. The van der Waals surface area contributed by atoms with Crippen molar-refractivity contribution in [3.63, 3.8) is 0 Å². The average Bonchev–Trinajstić information content (AvgIpc) is 2.33. The SMILES string of the molecule is CC1CCCC(C)C1NC1CCCCC1C(C)(C)C. The summed E-state index contributed by atoms with van der Waals surface area (Å²) in [4.78, 5) is 0. The van der Waals surface area contributed by atoms with Gasteiger partial charge in [-0.2, -0.15) is 0 Å². The maximum atomic E-state index is 4.11. The lowest BCUT2D eigenvalue weighted by atomic mass is 9.68. The summed E-state index contributed by atoms with van der Waals surface area (Å²) in [7, 11) is 0. The Morgan fingerprint density at radius 2 is 1.37 bits per heavy atom. The molecular weight excluding hydrogens is 230 g/mol. The number of rotatable bonds is 2. The van der Waals surface area contributed by atoms with Gasteiger partial charge in [-0.1, -0.05) is 53.9 Å². The van der Waals surface area contributed by atoms with Gasteiger partial charge in [-0.3, -0.25) is 0 Å². The fourth-order valence-corrected chi connectivity index (χ4v) is 4.62. The first-order chi connectivity index (χ1) is 8.89. The monoisotopic (exact) mass is 265 g/mol. The van der Waals surface area contributed by atoms with Crippen molar-refractivity contribution in [1.29, 1.82) is 0 Å². The van der Waals surface area contributed by atoms with Crippen molar-refractivity contribution >= 4 is 0 Å². The van der Waals surface area contributed by atoms with E-state index in [2.05, 4.69) is 39.9 Å². The standard InChI is InChI=1S/C18H35N/c1-13-9-8-10-14(2)17(13)19-16-12-7-6-11-15(16)18(3,4)5/h13-17,19H,6-12H2,1-5H3. The van der Waals surface area contributed by atoms with Crippen molar-refractivity contribution in [3.05, 3.63) is 0 Å². The van der Waals surface area contributed by atoms with Crippen LogP contribution >= 0.6 is 0 Å². The molecule has 112 valence electrons. The molecule has 2 saturated carbocycles. The van der Waals surface area contributed by atoms with Crippen molar-refractivity contribution in [2.45, 2.75) is 91.6 Å². The molecule has 1 heteroatoms. The molecule has 0 radical (unpaired) electrons. The molecule has 0 aromatic rings. The van der Waals surface area contributed by atoms with Crippen LogP contribution in [0.4, 0.5) is 0 Å². The van der Waals surface area contributed by atoms with Crippen LogP contribution in [0.25, 0.3) is 0 Å². The molecule has 0 aromatic carbocycles. The lowest BCUT2D eigenvalue weighted by Crippen LogP contribution is -2.53. The fourth-order valence-electron chi connectivity index (χ4n) is 4.62. The van der Waals surface area contributed by atoms with Gasteiger partial charge < -0.3 is 5.32 Å². The Morgan fingerprint density at radius 1 is 0.789 bits per heavy atom. The van der Waals surface area contributed by atoms with Gasteiger partial charge in [0, 0.05) is 12.1 Å². The van der Waals surface area contributed by atoms with Crippen molar-refractivity contribution in [1.82, 2.24) is 5.32 Å². The van der Waals surface area contributed by atoms with Gasteiger partial charge in [0.1, 0.15) is 0 Å². The highest BCUT2D eigenvalue weighted by Crippen LogP contribution is 2.39. The van der Waals surface area contributed by atoms with Crippen LogP contribution < -0.4 is 5.32 Å². The largest absolute Gasteiger partial charge is 0.310 e. The minimum absolute atomic E-state index is 0.458. The van der Waals surface area contributed by atoms with Gasteiger partial charge in [0.05, 0.1) is 0 Å². The number of hydrogen-bond donors (Lipinski definition) is 1. The Hall–Kier alpha value is -0.0400. The van der Waals surface area contributed by atoms with E-state index >= 15 is 0 Å². The van der Waals surface area contributed by atoms with Crippen LogP contribution in [0.5, 0.6) is 0 Å². The van der Waals surface area contributed by atoms with Crippen molar-refractivity contribution in [2.24, 2.45) is 23.2 Å². The van der Waals surface area contributed by atoms with Gasteiger partial charge in [-0.15, -0.1) is 0 Å². The van der Waals surface area contributed by atoms with Gasteiger partial charge >= 0.3 is 0 Å². The van der Waals surface area contributed by atoms with Crippen LogP contribution in [-0.2, 0) is 0 Å². The molecule has 0 spiro atoms. The summed E-state index contributed by atoms with van der Waals surface area (Å²) in [5, 5.41) is 4.11. The highest BCUT2D eigenvalue weighted by atomic mass is 15.0. The predicted molar refractivity (Wildman–Crippen MR) is 84.3 cm³/mol. The molecule has 2 aliphatic rings. The zero-order valence-electron chi connectivity index (χ0n) is 13.8. The first-order valence-electron chi connectivity index (χ1n) is 8.65. The Kier molecular flexibility index (Phi) is 4.98. The summed E-state index contributed by atoms with van der Waals surface area (Å²) in [6.45, 7) is 12.2. The first kappa shape index (κ1) is 15.4. The molecule has 1 nitrogen and oxygen atoms in total. The topological polar surface area (TPSA) is 12.0 Å². The summed E-state index contributed by atoms with van der Waals surface area (Å²) in [6.07, 6.45) is 9.99. The molecule has 0 heterocycles. The fraction of sp³-hybridized carbons (Fsp3) is 1.00.